The monoisotopic (exact) mass is 440 g/mol. The first kappa shape index (κ1) is 20.6. The molecule has 2 rings (SSSR count). The number of hydrogen-bond acceptors (Lipinski definition) is 6. The van der Waals surface area contributed by atoms with E-state index in [4.69, 9.17) is 27.7 Å². The van der Waals surface area contributed by atoms with Crippen LogP contribution in [0.5, 0.6) is 5.75 Å². The van der Waals surface area contributed by atoms with Gasteiger partial charge in [-0.3, -0.25) is 10.1 Å². The maximum atomic E-state index is 12.1. The number of nitrogens with zero attached hydrogens (tertiary/aromatic N) is 1. The smallest absolute Gasteiger partial charge is 0.391 e. The topological polar surface area (TPSA) is 136 Å². The Balaban J connectivity index is 2.07. The highest BCUT2D eigenvalue weighted by Gasteiger charge is 2.26. The van der Waals surface area contributed by atoms with E-state index in [1.165, 1.54) is 12.1 Å². The van der Waals surface area contributed by atoms with Gasteiger partial charge in [-0.1, -0.05) is 23.2 Å². The van der Waals surface area contributed by atoms with Crippen LogP contribution in [0, 0.1) is 10.1 Å². The summed E-state index contributed by atoms with van der Waals surface area (Å²) in [6, 6.07) is 7.93. The van der Waals surface area contributed by atoms with Crippen LogP contribution in [-0.2, 0) is 14.6 Å². The summed E-state index contributed by atoms with van der Waals surface area (Å²) < 4.78 is 43.1. The van der Waals surface area contributed by atoms with Gasteiger partial charge in [-0.05, 0) is 30.3 Å². The van der Waals surface area contributed by atoms with Gasteiger partial charge < -0.3 is 9.42 Å². The molecule has 26 heavy (non-hydrogen) atoms. The standard InChI is InChI=1S/C13H11Cl2N2O7PS/c14-12-6-5-11(7-13(12)15)26(22,23)16-8-25(20,21)24-10-3-1-9(2-4-10)17(18)19/h1-7,16H,8H2,(H,20,21). The molecule has 0 saturated heterocycles. The summed E-state index contributed by atoms with van der Waals surface area (Å²) in [6.45, 7) is 0. The largest absolute Gasteiger partial charge is 0.424 e. The third-order valence-electron chi connectivity index (χ3n) is 2.95. The molecule has 13 heteroatoms. The van der Waals surface area contributed by atoms with Gasteiger partial charge in [-0.15, -0.1) is 0 Å². The zero-order chi connectivity index (χ0) is 19.5. The molecule has 0 amide bonds. The fourth-order valence-corrected chi connectivity index (χ4v) is 4.62. The Hall–Kier alpha value is -1.68. The lowest BCUT2D eigenvalue weighted by atomic mass is 10.3. The number of halogens is 2. The Morgan fingerprint density at radius 2 is 1.77 bits per heavy atom. The van der Waals surface area contributed by atoms with Gasteiger partial charge in [-0.2, -0.15) is 4.72 Å². The van der Waals surface area contributed by atoms with Gasteiger partial charge in [0.05, 0.1) is 19.9 Å². The normalized spacial score (nSPS) is 13.8. The number of benzene rings is 2. The minimum atomic E-state index is -4.41. The van der Waals surface area contributed by atoms with Crippen LogP contribution in [0.2, 0.25) is 10.0 Å². The number of hydrogen-bond donors (Lipinski definition) is 2. The van der Waals surface area contributed by atoms with Crippen LogP contribution < -0.4 is 9.25 Å². The molecule has 0 aliphatic heterocycles. The van der Waals surface area contributed by atoms with Gasteiger partial charge in [0.25, 0.3) is 5.69 Å². The van der Waals surface area contributed by atoms with E-state index in [0.29, 0.717) is 0 Å². The highest BCUT2D eigenvalue weighted by atomic mass is 35.5. The Labute approximate surface area is 158 Å². The van der Waals surface area contributed by atoms with Crippen LogP contribution in [0.3, 0.4) is 0 Å². The first-order valence-corrected chi connectivity index (χ1v) is 10.7. The van der Waals surface area contributed by atoms with Crippen LogP contribution in [0.4, 0.5) is 5.69 Å². The second-order valence-corrected chi connectivity index (χ2v) is 9.22. The first-order chi connectivity index (χ1) is 12.0. The molecule has 0 bridgehead atoms. The number of nitrogens with one attached hydrogen (secondary N) is 1. The molecule has 2 aromatic carbocycles. The molecule has 0 aliphatic rings. The molecule has 2 N–H and O–H groups in total. The Morgan fingerprint density at radius 1 is 1.15 bits per heavy atom. The molecule has 1 atom stereocenters. The van der Waals surface area contributed by atoms with Crippen LogP contribution in [0.15, 0.2) is 47.4 Å². The molecule has 0 aromatic heterocycles. The lowest BCUT2D eigenvalue weighted by Crippen LogP contribution is -2.25. The van der Waals surface area contributed by atoms with E-state index in [0.717, 1.165) is 30.3 Å². The van der Waals surface area contributed by atoms with E-state index >= 15 is 0 Å². The summed E-state index contributed by atoms with van der Waals surface area (Å²) in [5.41, 5.74) is -0.231. The van der Waals surface area contributed by atoms with Crippen molar-refractivity contribution in [1.82, 2.24) is 4.72 Å². The predicted molar refractivity (Wildman–Crippen MR) is 95.2 cm³/mol. The van der Waals surface area contributed by atoms with Crippen molar-refractivity contribution in [1.29, 1.82) is 0 Å². The summed E-state index contributed by atoms with van der Waals surface area (Å²) in [5, 5.41) is 10.7. The summed E-state index contributed by atoms with van der Waals surface area (Å²) in [5.74, 6) is -0.129. The number of nitro groups is 1. The average Bonchev–Trinajstić information content (AvgIpc) is 2.56. The predicted octanol–water partition coefficient (Wildman–Crippen LogP) is 3.40. The number of sulfonamides is 1. The Morgan fingerprint density at radius 3 is 2.31 bits per heavy atom. The number of nitro benzene ring substituents is 1. The molecule has 2 aromatic rings. The minimum absolute atomic E-state index is 0.00357. The van der Waals surface area contributed by atoms with E-state index in [9.17, 15) is 28.0 Å². The molecule has 0 radical (unpaired) electrons. The molecule has 1 unspecified atom stereocenters. The molecule has 0 aliphatic carbocycles. The van der Waals surface area contributed by atoms with E-state index in [1.54, 1.807) is 0 Å². The average molecular weight is 441 g/mol. The van der Waals surface area contributed by atoms with Crippen molar-refractivity contribution in [2.24, 2.45) is 0 Å². The molecule has 0 spiro atoms. The first-order valence-electron chi connectivity index (χ1n) is 6.71. The third-order valence-corrected chi connectivity index (χ3v) is 6.36. The quantitative estimate of drug-likeness (QED) is 0.382. The lowest BCUT2D eigenvalue weighted by Gasteiger charge is -2.14. The molecular weight excluding hydrogens is 430 g/mol. The summed E-state index contributed by atoms with van der Waals surface area (Å²) in [4.78, 5) is 19.4. The van der Waals surface area contributed by atoms with Gasteiger partial charge in [0.15, 0.2) is 0 Å². The molecule has 0 saturated carbocycles. The van der Waals surface area contributed by atoms with Crippen molar-refractivity contribution in [2.75, 3.05) is 6.29 Å². The van der Waals surface area contributed by atoms with Crippen LogP contribution in [-0.4, -0.2) is 24.5 Å². The SMILES string of the molecule is O=[N+]([O-])c1ccc(OP(=O)(O)CNS(=O)(=O)c2ccc(Cl)c(Cl)c2)cc1. The zero-order valence-electron chi connectivity index (χ0n) is 12.7. The van der Waals surface area contributed by atoms with Crippen molar-refractivity contribution in [2.45, 2.75) is 4.90 Å². The fraction of sp³-hybridized carbons (Fsp3) is 0.0769. The van der Waals surface area contributed by atoms with Crippen molar-refractivity contribution in [3.05, 3.63) is 62.6 Å². The van der Waals surface area contributed by atoms with Gasteiger partial charge in [-0.25, -0.2) is 13.0 Å². The van der Waals surface area contributed by atoms with Crippen LogP contribution in [0.25, 0.3) is 0 Å². The lowest BCUT2D eigenvalue weighted by molar-refractivity contribution is -0.384. The molecule has 140 valence electrons. The molecular formula is C13H11Cl2N2O7PS. The minimum Gasteiger partial charge on any atom is -0.424 e. The Kier molecular flexibility index (Phi) is 6.28. The second kappa shape index (κ2) is 7.91. The molecule has 0 fully saturated rings. The highest BCUT2D eigenvalue weighted by molar-refractivity contribution is 7.89. The zero-order valence-corrected chi connectivity index (χ0v) is 15.9. The maximum absolute atomic E-state index is 12.1. The Bertz CT molecular complexity index is 982. The van der Waals surface area contributed by atoms with Gasteiger partial charge >= 0.3 is 7.60 Å². The number of non-ortho nitro benzene ring substituents is 1. The van der Waals surface area contributed by atoms with E-state index in [-0.39, 0.29) is 26.4 Å². The van der Waals surface area contributed by atoms with Crippen molar-refractivity contribution < 1.29 is 27.3 Å². The van der Waals surface area contributed by atoms with Crippen LogP contribution in [0.1, 0.15) is 0 Å². The van der Waals surface area contributed by atoms with E-state index in [2.05, 4.69) is 0 Å². The summed E-state index contributed by atoms with van der Waals surface area (Å²) in [7, 11) is -8.55. The maximum Gasteiger partial charge on any atom is 0.391 e. The third kappa shape index (κ3) is 5.41. The van der Waals surface area contributed by atoms with Gasteiger partial charge in [0.2, 0.25) is 10.0 Å². The van der Waals surface area contributed by atoms with E-state index in [1.807, 2.05) is 4.72 Å². The van der Waals surface area contributed by atoms with Gasteiger partial charge in [0.1, 0.15) is 12.0 Å². The van der Waals surface area contributed by atoms with Crippen molar-refractivity contribution >= 4 is 46.5 Å². The highest BCUT2D eigenvalue weighted by Crippen LogP contribution is 2.42. The molecule has 0 heterocycles. The van der Waals surface area contributed by atoms with Crippen molar-refractivity contribution in [3.8, 4) is 5.75 Å². The van der Waals surface area contributed by atoms with Crippen LogP contribution >= 0.6 is 30.8 Å². The summed E-state index contributed by atoms with van der Waals surface area (Å²) in [6.07, 6.45) is -0.924. The molecule has 9 nitrogen and oxygen atoms in total. The fourth-order valence-electron chi connectivity index (χ4n) is 1.72. The van der Waals surface area contributed by atoms with Crippen molar-refractivity contribution in [3.63, 3.8) is 0 Å². The number of rotatable bonds is 7. The van der Waals surface area contributed by atoms with E-state index < -0.39 is 28.8 Å². The summed E-state index contributed by atoms with van der Waals surface area (Å²) >= 11 is 11.5. The second-order valence-electron chi connectivity index (χ2n) is 4.86. The van der Waals surface area contributed by atoms with Gasteiger partial charge in [0, 0.05) is 12.1 Å².